The summed E-state index contributed by atoms with van der Waals surface area (Å²) in [5, 5.41) is 7.60. The highest BCUT2D eigenvalue weighted by atomic mass is 16.5. The Kier molecular flexibility index (Phi) is 1.82. The van der Waals surface area contributed by atoms with Crippen molar-refractivity contribution in [3.63, 3.8) is 0 Å². The number of nitrogens with zero attached hydrogens (tertiary/aromatic N) is 2. The number of rotatable bonds is 1. The minimum absolute atomic E-state index is 0.682. The Labute approximate surface area is 54.4 Å². The molecule has 0 N–H and O–H groups in total. The summed E-state index contributed by atoms with van der Waals surface area (Å²) in [6.07, 6.45) is 0.786. The van der Waals surface area contributed by atoms with Crippen molar-refractivity contribution in [2.75, 3.05) is 6.61 Å². The molecular weight excluding hydrogens is 116 g/mol. The molecule has 0 saturated carbocycles. The fourth-order valence-electron chi connectivity index (χ4n) is 0.677. The number of hydrogen-bond donors (Lipinski definition) is 0. The standard InChI is InChI=1S/C6H10N2O/c1-3-9-6-4-5(2)7-8-6/h3-4H2,1-2H3. The number of hydrogen-bond acceptors (Lipinski definition) is 3. The van der Waals surface area contributed by atoms with E-state index in [-0.39, 0.29) is 0 Å². The van der Waals surface area contributed by atoms with Crippen LogP contribution >= 0.6 is 0 Å². The Morgan fingerprint density at radius 2 is 2.33 bits per heavy atom. The Morgan fingerprint density at radius 1 is 1.56 bits per heavy atom. The Balaban J connectivity index is 2.35. The largest absolute Gasteiger partial charge is 0.480 e. The minimum atomic E-state index is 0.682. The maximum atomic E-state index is 5.11. The monoisotopic (exact) mass is 126 g/mol. The normalized spacial score (nSPS) is 17.1. The van der Waals surface area contributed by atoms with E-state index in [0.29, 0.717) is 6.61 Å². The summed E-state index contributed by atoms with van der Waals surface area (Å²) in [6.45, 7) is 4.56. The van der Waals surface area contributed by atoms with Crippen LogP contribution in [0.4, 0.5) is 0 Å². The first-order chi connectivity index (χ1) is 4.33. The van der Waals surface area contributed by atoms with Gasteiger partial charge in [-0.1, -0.05) is 0 Å². The molecule has 0 atom stereocenters. The van der Waals surface area contributed by atoms with Crippen LogP contribution in [0.1, 0.15) is 20.3 Å². The van der Waals surface area contributed by atoms with Gasteiger partial charge in [0, 0.05) is 5.71 Å². The summed E-state index contributed by atoms with van der Waals surface area (Å²) in [5.74, 6) is 0.745. The lowest BCUT2D eigenvalue weighted by Crippen LogP contribution is -2.03. The maximum Gasteiger partial charge on any atom is 0.214 e. The third kappa shape index (κ3) is 1.52. The minimum Gasteiger partial charge on any atom is -0.480 e. The van der Waals surface area contributed by atoms with Crippen molar-refractivity contribution in [2.24, 2.45) is 10.2 Å². The molecule has 0 bridgehead atoms. The van der Waals surface area contributed by atoms with Gasteiger partial charge in [0.25, 0.3) is 0 Å². The van der Waals surface area contributed by atoms with E-state index in [1.54, 1.807) is 0 Å². The summed E-state index contributed by atoms with van der Waals surface area (Å²) in [7, 11) is 0. The second-order valence-electron chi connectivity index (χ2n) is 1.94. The fourth-order valence-corrected chi connectivity index (χ4v) is 0.677. The van der Waals surface area contributed by atoms with E-state index in [0.717, 1.165) is 18.0 Å². The molecule has 0 spiro atoms. The first-order valence-corrected chi connectivity index (χ1v) is 3.05. The molecule has 0 aromatic carbocycles. The van der Waals surface area contributed by atoms with Crippen molar-refractivity contribution in [2.45, 2.75) is 20.3 Å². The molecule has 1 aliphatic rings. The van der Waals surface area contributed by atoms with Gasteiger partial charge in [0.15, 0.2) is 0 Å². The van der Waals surface area contributed by atoms with Gasteiger partial charge in [-0.3, -0.25) is 0 Å². The topological polar surface area (TPSA) is 34.0 Å². The zero-order valence-corrected chi connectivity index (χ0v) is 5.72. The van der Waals surface area contributed by atoms with Gasteiger partial charge in [0.2, 0.25) is 5.90 Å². The predicted molar refractivity (Wildman–Crippen MR) is 36.8 cm³/mol. The van der Waals surface area contributed by atoms with Gasteiger partial charge >= 0.3 is 0 Å². The molecule has 3 nitrogen and oxygen atoms in total. The van der Waals surface area contributed by atoms with Crippen LogP contribution in [0.3, 0.4) is 0 Å². The van der Waals surface area contributed by atoms with Crippen LogP contribution < -0.4 is 0 Å². The van der Waals surface area contributed by atoms with E-state index in [2.05, 4.69) is 10.2 Å². The molecule has 3 heteroatoms. The molecule has 0 aromatic rings. The summed E-state index contributed by atoms with van der Waals surface area (Å²) in [6, 6.07) is 0. The zero-order chi connectivity index (χ0) is 6.69. The Bertz CT molecular complexity index is 160. The molecule has 0 radical (unpaired) electrons. The maximum absolute atomic E-state index is 5.11. The fraction of sp³-hybridized carbons (Fsp3) is 0.667. The molecule has 9 heavy (non-hydrogen) atoms. The van der Waals surface area contributed by atoms with Crippen LogP contribution in [0.5, 0.6) is 0 Å². The van der Waals surface area contributed by atoms with Crippen LogP contribution in [0.25, 0.3) is 0 Å². The highest BCUT2D eigenvalue weighted by molar-refractivity contribution is 6.02. The van der Waals surface area contributed by atoms with Crippen LogP contribution in [0.15, 0.2) is 10.2 Å². The molecule has 50 valence electrons. The predicted octanol–water partition coefficient (Wildman–Crippen LogP) is 1.20. The highest BCUT2D eigenvalue weighted by Crippen LogP contribution is 2.01. The molecule has 0 amide bonds. The van der Waals surface area contributed by atoms with Crippen molar-refractivity contribution >= 4 is 11.6 Å². The second-order valence-corrected chi connectivity index (χ2v) is 1.94. The number of ether oxygens (including phenoxy) is 1. The van der Waals surface area contributed by atoms with Crippen molar-refractivity contribution in [1.82, 2.24) is 0 Å². The molecule has 1 rings (SSSR count). The summed E-state index contributed by atoms with van der Waals surface area (Å²) < 4.78 is 5.11. The van der Waals surface area contributed by atoms with Crippen LogP contribution in [-0.2, 0) is 4.74 Å². The lowest BCUT2D eigenvalue weighted by atomic mass is 10.3. The van der Waals surface area contributed by atoms with Crippen molar-refractivity contribution in [3.8, 4) is 0 Å². The summed E-state index contributed by atoms with van der Waals surface area (Å²) in [5.41, 5.74) is 1.03. The molecule has 0 aliphatic carbocycles. The van der Waals surface area contributed by atoms with E-state index >= 15 is 0 Å². The molecule has 0 unspecified atom stereocenters. The first-order valence-electron chi connectivity index (χ1n) is 3.05. The first kappa shape index (κ1) is 6.26. The van der Waals surface area contributed by atoms with Gasteiger partial charge in [-0.15, -0.1) is 5.10 Å². The quantitative estimate of drug-likeness (QED) is 0.519. The molecule has 1 heterocycles. The lowest BCUT2D eigenvalue weighted by Gasteiger charge is -1.97. The van der Waals surface area contributed by atoms with Gasteiger partial charge in [-0.25, -0.2) is 0 Å². The zero-order valence-electron chi connectivity index (χ0n) is 5.72. The molecule has 0 aromatic heterocycles. The second kappa shape index (κ2) is 2.62. The van der Waals surface area contributed by atoms with E-state index in [4.69, 9.17) is 4.74 Å². The summed E-state index contributed by atoms with van der Waals surface area (Å²) in [4.78, 5) is 0. The van der Waals surface area contributed by atoms with Gasteiger partial charge in [-0.05, 0) is 13.8 Å². The van der Waals surface area contributed by atoms with E-state index in [1.165, 1.54) is 0 Å². The molecule has 0 fully saturated rings. The average molecular weight is 126 g/mol. The lowest BCUT2D eigenvalue weighted by molar-refractivity contribution is 0.322. The van der Waals surface area contributed by atoms with Crippen molar-refractivity contribution in [3.05, 3.63) is 0 Å². The highest BCUT2D eigenvalue weighted by Gasteiger charge is 2.07. The summed E-state index contributed by atoms with van der Waals surface area (Å²) >= 11 is 0. The molecule has 1 aliphatic heterocycles. The van der Waals surface area contributed by atoms with Crippen LogP contribution in [-0.4, -0.2) is 18.2 Å². The van der Waals surface area contributed by atoms with E-state index < -0.39 is 0 Å². The van der Waals surface area contributed by atoms with Gasteiger partial charge in [-0.2, -0.15) is 5.10 Å². The van der Waals surface area contributed by atoms with Gasteiger partial charge in [0.1, 0.15) is 0 Å². The van der Waals surface area contributed by atoms with Gasteiger partial charge < -0.3 is 4.74 Å². The smallest absolute Gasteiger partial charge is 0.214 e. The average Bonchev–Trinajstić information content (AvgIpc) is 2.17. The third-order valence-corrected chi connectivity index (χ3v) is 1.05. The Morgan fingerprint density at radius 3 is 2.78 bits per heavy atom. The van der Waals surface area contributed by atoms with Crippen molar-refractivity contribution in [1.29, 1.82) is 0 Å². The van der Waals surface area contributed by atoms with E-state index in [1.807, 2.05) is 13.8 Å². The van der Waals surface area contributed by atoms with Gasteiger partial charge in [0.05, 0.1) is 13.0 Å². The van der Waals surface area contributed by atoms with Crippen LogP contribution in [0.2, 0.25) is 0 Å². The van der Waals surface area contributed by atoms with Crippen molar-refractivity contribution < 1.29 is 4.74 Å². The SMILES string of the molecule is CCOC1=NN=C(C)C1. The van der Waals surface area contributed by atoms with E-state index in [9.17, 15) is 0 Å². The third-order valence-electron chi connectivity index (χ3n) is 1.05. The molecule has 0 saturated heterocycles. The Hall–Kier alpha value is -0.860. The molecular formula is C6H10N2O. The van der Waals surface area contributed by atoms with Crippen LogP contribution in [0, 0.1) is 0 Å².